The van der Waals surface area contributed by atoms with E-state index in [2.05, 4.69) is 0 Å². The minimum absolute atomic E-state index is 0.289. The minimum atomic E-state index is -0.872. The number of benzene rings is 1. The van der Waals surface area contributed by atoms with Crippen LogP contribution in [0.25, 0.3) is 0 Å². The van der Waals surface area contributed by atoms with Gasteiger partial charge in [-0.3, -0.25) is 9.69 Å². The van der Waals surface area contributed by atoms with E-state index in [1.165, 1.54) is 6.07 Å². The number of hydrogen-bond acceptors (Lipinski definition) is 2. The van der Waals surface area contributed by atoms with Crippen LogP contribution in [0.2, 0.25) is 0 Å². The van der Waals surface area contributed by atoms with Crippen LogP contribution in [0.4, 0.5) is 4.39 Å². The molecule has 1 atom stereocenters. The zero-order valence-corrected chi connectivity index (χ0v) is 10.4. The van der Waals surface area contributed by atoms with Gasteiger partial charge in [-0.1, -0.05) is 24.6 Å². The SMILES string of the molecule is CCC(C(=O)O)N(C)Cc1cc(C)ccc1F. The standard InChI is InChI=1S/C13H18FNO2/c1-4-12(13(16)17)15(3)8-10-7-9(2)5-6-11(10)14/h5-7,12H,4,8H2,1-3H3,(H,16,17). The first-order valence-corrected chi connectivity index (χ1v) is 5.63. The third kappa shape index (κ3) is 3.53. The lowest BCUT2D eigenvalue weighted by Gasteiger charge is -2.23. The molecule has 1 unspecified atom stereocenters. The number of likely N-dealkylation sites (N-methyl/N-ethyl adjacent to an activating group) is 1. The summed E-state index contributed by atoms with van der Waals surface area (Å²) >= 11 is 0. The number of aliphatic carboxylic acids is 1. The first kappa shape index (κ1) is 13.6. The normalized spacial score (nSPS) is 12.8. The van der Waals surface area contributed by atoms with Gasteiger partial charge in [0.25, 0.3) is 0 Å². The summed E-state index contributed by atoms with van der Waals surface area (Å²) in [5, 5.41) is 9.01. The summed E-state index contributed by atoms with van der Waals surface area (Å²) in [4.78, 5) is 12.6. The molecule has 3 nitrogen and oxygen atoms in total. The highest BCUT2D eigenvalue weighted by atomic mass is 19.1. The fourth-order valence-corrected chi connectivity index (χ4v) is 1.88. The van der Waals surface area contributed by atoms with Crippen molar-refractivity contribution in [3.8, 4) is 0 Å². The molecule has 94 valence electrons. The molecule has 0 aliphatic carbocycles. The molecule has 0 bridgehead atoms. The molecule has 0 saturated carbocycles. The van der Waals surface area contributed by atoms with Crippen LogP contribution in [0, 0.1) is 12.7 Å². The Labute approximate surface area is 101 Å². The molecule has 1 aromatic rings. The van der Waals surface area contributed by atoms with E-state index in [4.69, 9.17) is 5.11 Å². The predicted octanol–water partition coefficient (Wildman–Crippen LogP) is 2.43. The number of carboxylic acid groups (broad SMARTS) is 1. The molecule has 0 heterocycles. The number of carbonyl (C=O) groups is 1. The molecule has 1 rings (SSSR count). The van der Waals surface area contributed by atoms with Crippen LogP contribution >= 0.6 is 0 Å². The summed E-state index contributed by atoms with van der Waals surface area (Å²) in [6.45, 7) is 4.00. The lowest BCUT2D eigenvalue weighted by Crippen LogP contribution is -2.37. The number of rotatable bonds is 5. The molecule has 1 aromatic carbocycles. The highest BCUT2D eigenvalue weighted by Crippen LogP contribution is 2.14. The summed E-state index contributed by atoms with van der Waals surface area (Å²) in [5.74, 6) is -1.16. The molecule has 0 aromatic heterocycles. The summed E-state index contributed by atoms with van der Waals surface area (Å²) < 4.78 is 13.5. The summed E-state index contributed by atoms with van der Waals surface area (Å²) in [5.41, 5.74) is 1.50. The van der Waals surface area contributed by atoms with E-state index in [1.54, 1.807) is 24.1 Å². The van der Waals surface area contributed by atoms with E-state index in [0.29, 0.717) is 18.5 Å². The van der Waals surface area contributed by atoms with Crippen molar-refractivity contribution in [3.05, 3.63) is 35.1 Å². The van der Waals surface area contributed by atoms with E-state index in [0.717, 1.165) is 5.56 Å². The Morgan fingerprint density at radius 1 is 1.53 bits per heavy atom. The maximum Gasteiger partial charge on any atom is 0.320 e. The van der Waals surface area contributed by atoms with E-state index in [-0.39, 0.29) is 5.82 Å². The zero-order valence-electron chi connectivity index (χ0n) is 10.4. The zero-order chi connectivity index (χ0) is 13.0. The molecule has 0 aliphatic heterocycles. The molecule has 0 spiro atoms. The van der Waals surface area contributed by atoms with E-state index < -0.39 is 12.0 Å². The Balaban J connectivity index is 2.83. The third-order valence-corrected chi connectivity index (χ3v) is 2.82. The number of aryl methyl sites for hydroxylation is 1. The van der Waals surface area contributed by atoms with Crippen LogP contribution in [0.3, 0.4) is 0 Å². The van der Waals surface area contributed by atoms with Crippen molar-refractivity contribution >= 4 is 5.97 Å². The second kappa shape index (κ2) is 5.77. The Morgan fingerprint density at radius 2 is 2.18 bits per heavy atom. The number of halogens is 1. The smallest absolute Gasteiger partial charge is 0.320 e. The third-order valence-electron chi connectivity index (χ3n) is 2.82. The van der Waals surface area contributed by atoms with Gasteiger partial charge in [-0.25, -0.2) is 4.39 Å². The van der Waals surface area contributed by atoms with Gasteiger partial charge in [-0.05, 0) is 26.5 Å². The maximum atomic E-state index is 13.5. The molecule has 17 heavy (non-hydrogen) atoms. The van der Waals surface area contributed by atoms with Crippen LogP contribution in [-0.2, 0) is 11.3 Å². The van der Waals surface area contributed by atoms with E-state index in [1.807, 2.05) is 13.8 Å². The highest BCUT2D eigenvalue weighted by molar-refractivity contribution is 5.73. The molecule has 0 radical (unpaired) electrons. The summed E-state index contributed by atoms with van der Waals surface area (Å²) in [6.07, 6.45) is 0.499. The average molecular weight is 239 g/mol. The van der Waals surface area contributed by atoms with Crippen molar-refractivity contribution in [2.24, 2.45) is 0 Å². The summed E-state index contributed by atoms with van der Waals surface area (Å²) in [6, 6.07) is 4.29. The van der Waals surface area contributed by atoms with Gasteiger partial charge in [-0.15, -0.1) is 0 Å². The quantitative estimate of drug-likeness (QED) is 0.858. The van der Waals surface area contributed by atoms with Crippen molar-refractivity contribution in [2.45, 2.75) is 32.9 Å². The second-order valence-corrected chi connectivity index (χ2v) is 4.27. The fourth-order valence-electron chi connectivity index (χ4n) is 1.88. The van der Waals surface area contributed by atoms with Crippen LogP contribution < -0.4 is 0 Å². The lowest BCUT2D eigenvalue weighted by molar-refractivity contribution is -0.143. The molecule has 0 saturated heterocycles. The van der Waals surface area contributed by atoms with Gasteiger partial charge in [0.2, 0.25) is 0 Å². The maximum absolute atomic E-state index is 13.5. The van der Waals surface area contributed by atoms with Crippen molar-refractivity contribution in [2.75, 3.05) is 7.05 Å². The first-order valence-electron chi connectivity index (χ1n) is 5.63. The Bertz CT molecular complexity index is 406. The molecule has 4 heteroatoms. The highest BCUT2D eigenvalue weighted by Gasteiger charge is 2.21. The number of carboxylic acids is 1. The van der Waals surface area contributed by atoms with Crippen LogP contribution in [0.5, 0.6) is 0 Å². The van der Waals surface area contributed by atoms with Crippen molar-refractivity contribution < 1.29 is 14.3 Å². The van der Waals surface area contributed by atoms with Crippen molar-refractivity contribution in [1.82, 2.24) is 4.90 Å². The van der Waals surface area contributed by atoms with Gasteiger partial charge in [0, 0.05) is 12.1 Å². The summed E-state index contributed by atoms with van der Waals surface area (Å²) in [7, 11) is 1.70. The van der Waals surface area contributed by atoms with Gasteiger partial charge >= 0.3 is 5.97 Å². The van der Waals surface area contributed by atoms with Crippen LogP contribution in [-0.4, -0.2) is 29.1 Å². The molecule has 0 fully saturated rings. The number of nitrogens with zero attached hydrogens (tertiary/aromatic N) is 1. The minimum Gasteiger partial charge on any atom is -0.480 e. The fraction of sp³-hybridized carbons (Fsp3) is 0.462. The van der Waals surface area contributed by atoms with Crippen LogP contribution in [0.15, 0.2) is 18.2 Å². The molecule has 1 N–H and O–H groups in total. The predicted molar refractivity (Wildman–Crippen MR) is 64.3 cm³/mol. The molecule has 0 aliphatic rings. The Morgan fingerprint density at radius 3 is 2.71 bits per heavy atom. The van der Waals surface area contributed by atoms with Gasteiger partial charge < -0.3 is 5.11 Å². The lowest BCUT2D eigenvalue weighted by atomic mass is 10.1. The van der Waals surface area contributed by atoms with Gasteiger partial charge in [0.1, 0.15) is 11.9 Å². The van der Waals surface area contributed by atoms with Gasteiger partial charge in [-0.2, -0.15) is 0 Å². The topological polar surface area (TPSA) is 40.5 Å². The largest absolute Gasteiger partial charge is 0.480 e. The molecular weight excluding hydrogens is 221 g/mol. The second-order valence-electron chi connectivity index (χ2n) is 4.27. The Hall–Kier alpha value is -1.42. The first-order chi connectivity index (χ1) is 7.95. The van der Waals surface area contributed by atoms with Gasteiger partial charge in [0.15, 0.2) is 0 Å². The number of hydrogen-bond donors (Lipinski definition) is 1. The van der Waals surface area contributed by atoms with Gasteiger partial charge in [0.05, 0.1) is 0 Å². The Kier molecular flexibility index (Phi) is 4.63. The van der Waals surface area contributed by atoms with E-state index in [9.17, 15) is 9.18 Å². The van der Waals surface area contributed by atoms with Crippen molar-refractivity contribution in [1.29, 1.82) is 0 Å². The van der Waals surface area contributed by atoms with Crippen molar-refractivity contribution in [3.63, 3.8) is 0 Å². The monoisotopic (exact) mass is 239 g/mol. The van der Waals surface area contributed by atoms with E-state index >= 15 is 0 Å². The molecule has 0 amide bonds. The molecular formula is C13H18FNO2. The average Bonchev–Trinajstić information content (AvgIpc) is 2.24. The van der Waals surface area contributed by atoms with Crippen LogP contribution in [0.1, 0.15) is 24.5 Å².